The summed E-state index contributed by atoms with van der Waals surface area (Å²) in [6.07, 6.45) is 3.47. The van der Waals surface area contributed by atoms with Gasteiger partial charge in [-0.25, -0.2) is 0 Å². The summed E-state index contributed by atoms with van der Waals surface area (Å²) in [4.78, 5) is 3.04. The van der Waals surface area contributed by atoms with Gasteiger partial charge in [-0.1, -0.05) is 0 Å². The average Bonchev–Trinajstić information content (AvgIpc) is 2.77. The smallest absolute Gasteiger partial charge is 0.126 e. The van der Waals surface area contributed by atoms with Crippen LogP contribution in [0.1, 0.15) is 17.5 Å². The van der Waals surface area contributed by atoms with Crippen molar-refractivity contribution in [3.05, 3.63) is 48.2 Å². The van der Waals surface area contributed by atoms with Crippen molar-refractivity contribution in [2.75, 3.05) is 0 Å². The number of furan rings is 1. The fourth-order valence-electron chi connectivity index (χ4n) is 1.16. The monoisotopic (exact) mass is 162 g/mol. The van der Waals surface area contributed by atoms with Gasteiger partial charge in [-0.05, 0) is 24.3 Å². The van der Waals surface area contributed by atoms with Crippen molar-refractivity contribution in [3.63, 3.8) is 0 Å². The van der Waals surface area contributed by atoms with Crippen LogP contribution in [0.5, 0.6) is 0 Å². The molecule has 3 nitrogen and oxygen atoms in total. The molecule has 0 bridgehead atoms. The summed E-state index contributed by atoms with van der Waals surface area (Å²) < 4.78 is 5.17. The highest BCUT2D eigenvalue weighted by Gasteiger charge is 2.10. The predicted octanol–water partition coefficient (Wildman–Crippen LogP) is 1.66. The molecule has 0 aromatic carbocycles. The molecule has 62 valence electrons. The van der Waals surface area contributed by atoms with Gasteiger partial charge in [0.25, 0.3) is 0 Å². The third kappa shape index (κ3) is 1.14. The molecular formula is C9H10N2O. The van der Waals surface area contributed by atoms with Crippen LogP contribution in [0, 0.1) is 0 Å². The molecule has 2 rings (SSSR count). The normalized spacial score (nSPS) is 13.1. The molecule has 2 aromatic rings. The maximum absolute atomic E-state index is 5.88. The highest BCUT2D eigenvalue weighted by Crippen LogP contribution is 2.17. The zero-order valence-corrected chi connectivity index (χ0v) is 6.53. The minimum atomic E-state index is -0.185. The molecule has 2 aromatic heterocycles. The summed E-state index contributed by atoms with van der Waals surface area (Å²) in [6, 6.07) is 7.37. The van der Waals surface area contributed by atoms with Crippen molar-refractivity contribution in [2.24, 2.45) is 5.73 Å². The fourth-order valence-corrected chi connectivity index (χ4v) is 1.16. The van der Waals surface area contributed by atoms with Crippen LogP contribution in [0.2, 0.25) is 0 Å². The van der Waals surface area contributed by atoms with Crippen molar-refractivity contribution in [3.8, 4) is 0 Å². The number of nitrogens with one attached hydrogen (secondary N) is 1. The molecule has 1 atom stereocenters. The van der Waals surface area contributed by atoms with E-state index in [0.717, 1.165) is 11.5 Å². The predicted molar refractivity (Wildman–Crippen MR) is 45.5 cm³/mol. The van der Waals surface area contributed by atoms with E-state index in [-0.39, 0.29) is 6.04 Å². The summed E-state index contributed by atoms with van der Waals surface area (Å²) in [7, 11) is 0. The standard InChI is InChI=1S/C9H10N2O/c10-9(7-3-1-5-11-7)8-4-2-6-12-8/h1-6,9,11H,10H2. The first-order chi connectivity index (χ1) is 5.88. The number of aromatic nitrogens is 1. The number of hydrogen-bond donors (Lipinski definition) is 2. The lowest BCUT2D eigenvalue weighted by atomic mass is 10.2. The van der Waals surface area contributed by atoms with Gasteiger partial charge in [0.1, 0.15) is 11.8 Å². The van der Waals surface area contributed by atoms with Crippen molar-refractivity contribution < 1.29 is 4.42 Å². The van der Waals surface area contributed by atoms with E-state index in [1.807, 2.05) is 30.5 Å². The molecule has 0 amide bonds. The summed E-state index contributed by atoms with van der Waals surface area (Å²) in [5.74, 6) is 0.775. The van der Waals surface area contributed by atoms with Crippen LogP contribution in [-0.2, 0) is 0 Å². The van der Waals surface area contributed by atoms with Gasteiger partial charge in [0.15, 0.2) is 0 Å². The minimum Gasteiger partial charge on any atom is -0.467 e. The molecule has 12 heavy (non-hydrogen) atoms. The summed E-state index contributed by atoms with van der Waals surface area (Å²) in [5.41, 5.74) is 6.84. The van der Waals surface area contributed by atoms with Gasteiger partial charge in [-0.15, -0.1) is 0 Å². The van der Waals surface area contributed by atoms with Crippen LogP contribution in [0.3, 0.4) is 0 Å². The minimum absolute atomic E-state index is 0.185. The van der Waals surface area contributed by atoms with Crippen LogP contribution >= 0.6 is 0 Å². The highest BCUT2D eigenvalue weighted by atomic mass is 16.3. The third-order valence-electron chi connectivity index (χ3n) is 1.81. The Morgan fingerprint density at radius 3 is 2.83 bits per heavy atom. The van der Waals surface area contributed by atoms with Crippen molar-refractivity contribution in [2.45, 2.75) is 6.04 Å². The number of H-pyrrole nitrogens is 1. The van der Waals surface area contributed by atoms with Gasteiger partial charge in [-0.3, -0.25) is 0 Å². The Morgan fingerprint density at radius 1 is 1.33 bits per heavy atom. The van der Waals surface area contributed by atoms with Crippen LogP contribution < -0.4 is 5.73 Å². The molecule has 0 saturated carbocycles. The second-order valence-corrected chi connectivity index (χ2v) is 2.62. The van der Waals surface area contributed by atoms with E-state index in [4.69, 9.17) is 10.2 Å². The SMILES string of the molecule is NC(c1ccc[nH]1)c1ccco1. The molecule has 1 unspecified atom stereocenters. The Bertz CT molecular complexity index is 289. The van der Waals surface area contributed by atoms with Gasteiger partial charge in [-0.2, -0.15) is 0 Å². The van der Waals surface area contributed by atoms with Crippen LogP contribution in [0.25, 0.3) is 0 Å². The first-order valence-electron chi connectivity index (χ1n) is 3.80. The Kier molecular flexibility index (Phi) is 1.72. The van der Waals surface area contributed by atoms with E-state index in [2.05, 4.69) is 4.98 Å². The fraction of sp³-hybridized carbons (Fsp3) is 0.111. The molecule has 0 aliphatic carbocycles. The first-order valence-corrected chi connectivity index (χ1v) is 3.80. The highest BCUT2D eigenvalue weighted by molar-refractivity contribution is 5.19. The number of hydrogen-bond acceptors (Lipinski definition) is 2. The Labute approximate surface area is 70.2 Å². The molecule has 0 spiro atoms. The molecule has 0 aliphatic rings. The zero-order valence-electron chi connectivity index (χ0n) is 6.53. The lowest BCUT2D eigenvalue weighted by Gasteiger charge is -2.04. The van der Waals surface area contributed by atoms with Gasteiger partial charge < -0.3 is 15.1 Å². The van der Waals surface area contributed by atoms with E-state index < -0.39 is 0 Å². The molecule has 0 saturated heterocycles. The van der Waals surface area contributed by atoms with Crippen LogP contribution in [-0.4, -0.2) is 4.98 Å². The number of nitrogens with two attached hydrogens (primary N) is 1. The summed E-state index contributed by atoms with van der Waals surface area (Å²) in [6.45, 7) is 0. The summed E-state index contributed by atoms with van der Waals surface area (Å²) in [5, 5.41) is 0. The second kappa shape index (κ2) is 2.87. The lowest BCUT2D eigenvalue weighted by Crippen LogP contribution is -2.10. The molecular weight excluding hydrogens is 152 g/mol. The van der Waals surface area contributed by atoms with Gasteiger partial charge in [0.2, 0.25) is 0 Å². The number of aromatic amines is 1. The third-order valence-corrected chi connectivity index (χ3v) is 1.81. The molecule has 2 heterocycles. The Balaban J connectivity index is 2.27. The number of rotatable bonds is 2. The van der Waals surface area contributed by atoms with E-state index >= 15 is 0 Å². The largest absolute Gasteiger partial charge is 0.467 e. The molecule has 0 aliphatic heterocycles. The van der Waals surface area contributed by atoms with Crippen molar-refractivity contribution in [1.29, 1.82) is 0 Å². The topological polar surface area (TPSA) is 55.0 Å². The van der Waals surface area contributed by atoms with Crippen molar-refractivity contribution in [1.82, 2.24) is 4.98 Å². The maximum atomic E-state index is 5.88. The van der Waals surface area contributed by atoms with Crippen LogP contribution in [0.4, 0.5) is 0 Å². The quantitative estimate of drug-likeness (QED) is 0.705. The maximum Gasteiger partial charge on any atom is 0.126 e. The van der Waals surface area contributed by atoms with Crippen molar-refractivity contribution >= 4 is 0 Å². The van der Waals surface area contributed by atoms with Crippen LogP contribution in [0.15, 0.2) is 41.1 Å². The van der Waals surface area contributed by atoms with Gasteiger partial charge in [0.05, 0.1) is 6.26 Å². The Hall–Kier alpha value is -1.48. The van der Waals surface area contributed by atoms with E-state index in [1.165, 1.54) is 0 Å². The lowest BCUT2D eigenvalue weighted by molar-refractivity contribution is 0.487. The van der Waals surface area contributed by atoms with E-state index in [1.54, 1.807) is 6.26 Å². The molecule has 0 fully saturated rings. The Morgan fingerprint density at radius 2 is 2.25 bits per heavy atom. The second-order valence-electron chi connectivity index (χ2n) is 2.62. The average molecular weight is 162 g/mol. The van der Waals surface area contributed by atoms with E-state index in [9.17, 15) is 0 Å². The first kappa shape index (κ1) is 7.18. The molecule has 3 heteroatoms. The van der Waals surface area contributed by atoms with E-state index in [0.29, 0.717) is 0 Å². The molecule has 0 radical (unpaired) electrons. The summed E-state index contributed by atoms with van der Waals surface area (Å²) >= 11 is 0. The van der Waals surface area contributed by atoms with Gasteiger partial charge >= 0.3 is 0 Å². The van der Waals surface area contributed by atoms with Gasteiger partial charge in [0, 0.05) is 11.9 Å². The zero-order chi connectivity index (χ0) is 8.39. The molecule has 3 N–H and O–H groups in total.